The van der Waals surface area contributed by atoms with Gasteiger partial charge in [0, 0.05) is 19.3 Å². The number of benzene rings is 1. The van der Waals surface area contributed by atoms with Gasteiger partial charge in [-0.05, 0) is 25.5 Å². The van der Waals surface area contributed by atoms with Crippen molar-refractivity contribution in [3.8, 4) is 0 Å². The van der Waals surface area contributed by atoms with Gasteiger partial charge in [-0.3, -0.25) is 4.79 Å². The van der Waals surface area contributed by atoms with Crippen molar-refractivity contribution in [1.82, 2.24) is 4.98 Å². The number of nitrogens with zero attached hydrogens (tertiary/aromatic N) is 2. The summed E-state index contributed by atoms with van der Waals surface area (Å²) in [5.41, 5.74) is 7.80. The first-order valence-corrected chi connectivity index (χ1v) is 7.21. The third-order valence-corrected chi connectivity index (χ3v) is 4.11. The van der Waals surface area contributed by atoms with Crippen molar-refractivity contribution in [2.45, 2.75) is 13.8 Å². The average molecular weight is 290 g/mol. The van der Waals surface area contributed by atoms with Gasteiger partial charge in [0.25, 0.3) is 5.91 Å². The van der Waals surface area contributed by atoms with Gasteiger partial charge in [0.15, 0.2) is 5.13 Å². The fourth-order valence-corrected chi connectivity index (χ4v) is 2.79. The molecule has 0 fully saturated rings. The normalized spacial score (nSPS) is 10.3. The number of nitrogens with one attached hydrogen (secondary N) is 1. The molecule has 3 N–H and O–H groups in total. The van der Waals surface area contributed by atoms with Crippen LogP contribution in [0, 0.1) is 6.92 Å². The summed E-state index contributed by atoms with van der Waals surface area (Å²) in [4.78, 5) is 19.0. The van der Waals surface area contributed by atoms with Crippen LogP contribution >= 0.6 is 11.3 Å². The van der Waals surface area contributed by atoms with Gasteiger partial charge in [-0.1, -0.05) is 29.5 Å². The fourth-order valence-electron chi connectivity index (χ4n) is 2.00. The van der Waals surface area contributed by atoms with Crippen LogP contribution in [-0.2, 0) is 0 Å². The predicted molar refractivity (Wildman–Crippen MR) is 84.6 cm³/mol. The minimum Gasteiger partial charge on any atom is -0.382 e. The Balaban J connectivity index is 2.39. The Kier molecular flexibility index (Phi) is 4.24. The summed E-state index contributed by atoms with van der Waals surface area (Å²) in [6, 6.07) is 7.80. The third kappa shape index (κ3) is 2.60. The maximum atomic E-state index is 12.7. The molecule has 1 aromatic carbocycles. The highest BCUT2D eigenvalue weighted by molar-refractivity contribution is 7.18. The zero-order valence-corrected chi connectivity index (χ0v) is 12.6. The molecule has 20 heavy (non-hydrogen) atoms. The van der Waals surface area contributed by atoms with E-state index in [-0.39, 0.29) is 11.7 Å². The van der Waals surface area contributed by atoms with Gasteiger partial charge in [0.2, 0.25) is 0 Å². The molecule has 0 bridgehead atoms. The summed E-state index contributed by atoms with van der Waals surface area (Å²) in [5, 5.41) is 3.55. The van der Waals surface area contributed by atoms with Crippen molar-refractivity contribution >= 4 is 33.9 Å². The van der Waals surface area contributed by atoms with Gasteiger partial charge in [-0.25, -0.2) is 4.98 Å². The van der Waals surface area contributed by atoms with Crippen LogP contribution in [0.4, 0.5) is 16.6 Å². The van der Waals surface area contributed by atoms with Gasteiger partial charge >= 0.3 is 0 Å². The third-order valence-electron chi connectivity index (χ3n) is 3.03. The molecule has 2 aromatic rings. The lowest BCUT2D eigenvalue weighted by atomic mass is 10.1. The van der Waals surface area contributed by atoms with E-state index in [0.717, 1.165) is 11.3 Å². The first-order valence-electron chi connectivity index (χ1n) is 6.40. The predicted octanol–water partition coefficient (Wildman–Crippen LogP) is 2.74. The van der Waals surface area contributed by atoms with E-state index in [9.17, 15) is 4.79 Å². The van der Waals surface area contributed by atoms with Crippen LogP contribution < -0.4 is 16.0 Å². The minimum absolute atomic E-state index is 0.113. The number of nitrogens with two attached hydrogens (primary N) is 1. The lowest BCUT2D eigenvalue weighted by Crippen LogP contribution is -2.31. The van der Waals surface area contributed by atoms with Crippen LogP contribution in [0.3, 0.4) is 0 Å². The molecule has 0 aliphatic carbocycles. The number of thiazole rings is 1. The quantitative estimate of drug-likeness (QED) is 0.908. The number of carbonyl (C=O) groups is 1. The molecule has 0 unspecified atom stereocenters. The van der Waals surface area contributed by atoms with Gasteiger partial charge in [-0.15, -0.1) is 0 Å². The summed E-state index contributed by atoms with van der Waals surface area (Å²) in [7, 11) is 1.76. The van der Waals surface area contributed by atoms with Crippen molar-refractivity contribution in [3.63, 3.8) is 0 Å². The summed E-state index contributed by atoms with van der Waals surface area (Å²) in [6.45, 7) is 4.51. The zero-order valence-electron chi connectivity index (χ0n) is 11.8. The lowest BCUT2D eigenvalue weighted by molar-refractivity contribution is 0.0992. The second kappa shape index (κ2) is 5.92. The van der Waals surface area contributed by atoms with Crippen molar-refractivity contribution in [3.05, 3.63) is 34.7 Å². The number of amides is 1. The number of hydrogen-bond acceptors (Lipinski definition) is 5. The summed E-state index contributed by atoms with van der Waals surface area (Å²) >= 11 is 1.27. The molecule has 0 aliphatic rings. The standard InChI is InChI=1S/C14H18N4OS/c1-4-18(10-8-6-5-7-9(10)2)13(19)11-12(15)17-14(16-3)20-11/h5-8H,4,15H2,1-3H3,(H,16,17). The van der Waals surface area contributed by atoms with Crippen LogP contribution in [0.5, 0.6) is 0 Å². The average Bonchev–Trinajstić information content (AvgIpc) is 2.83. The van der Waals surface area contributed by atoms with Crippen LogP contribution in [-0.4, -0.2) is 24.5 Å². The first-order chi connectivity index (χ1) is 9.58. The van der Waals surface area contributed by atoms with E-state index in [2.05, 4.69) is 10.3 Å². The number of nitrogen functional groups attached to an aromatic ring is 1. The van der Waals surface area contributed by atoms with E-state index in [1.54, 1.807) is 11.9 Å². The first kappa shape index (κ1) is 14.3. The van der Waals surface area contributed by atoms with Crippen LogP contribution in [0.15, 0.2) is 24.3 Å². The maximum absolute atomic E-state index is 12.7. The molecule has 0 spiro atoms. The number of anilines is 3. The van der Waals surface area contributed by atoms with E-state index < -0.39 is 0 Å². The van der Waals surface area contributed by atoms with Crippen molar-refractivity contribution in [2.75, 3.05) is 29.5 Å². The summed E-state index contributed by atoms with van der Waals surface area (Å²) < 4.78 is 0. The Hall–Kier alpha value is -2.08. The lowest BCUT2D eigenvalue weighted by Gasteiger charge is -2.22. The van der Waals surface area contributed by atoms with E-state index in [1.807, 2.05) is 38.1 Å². The molecular formula is C14H18N4OS. The zero-order chi connectivity index (χ0) is 14.7. The van der Waals surface area contributed by atoms with Gasteiger partial charge in [0.05, 0.1) is 0 Å². The second-order valence-electron chi connectivity index (χ2n) is 4.32. The molecule has 0 atom stereocenters. The van der Waals surface area contributed by atoms with Gasteiger partial charge in [0.1, 0.15) is 10.7 Å². The molecule has 1 aromatic heterocycles. The number of aryl methyl sites for hydroxylation is 1. The smallest absolute Gasteiger partial charge is 0.272 e. The highest BCUT2D eigenvalue weighted by Crippen LogP contribution is 2.29. The number of rotatable bonds is 4. The van der Waals surface area contributed by atoms with E-state index >= 15 is 0 Å². The Morgan fingerprint density at radius 3 is 2.70 bits per heavy atom. The highest BCUT2D eigenvalue weighted by atomic mass is 32.1. The second-order valence-corrected chi connectivity index (χ2v) is 5.32. The van der Waals surface area contributed by atoms with Gasteiger partial charge < -0.3 is 16.0 Å². The number of aromatic nitrogens is 1. The number of para-hydroxylation sites is 1. The molecule has 1 heterocycles. The van der Waals surface area contributed by atoms with E-state index in [4.69, 9.17) is 5.73 Å². The SMILES string of the molecule is CCN(C(=O)c1sc(NC)nc1N)c1ccccc1C. The molecule has 0 aliphatic heterocycles. The Morgan fingerprint density at radius 2 is 2.15 bits per heavy atom. The molecule has 0 radical (unpaired) electrons. The maximum Gasteiger partial charge on any atom is 0.272 e. The molecule has 0 saturated heterocycles. The van der Waals surface area contributed by atoms with Gasteiger partial charge in [-0.2, -0.15) is 0 Å². The van der Waals surface area contributed by atoms with Crippen molar-refractivity contribution < 1.29 is 4.79 Å². The monoisotopic (exact) mass is 290 g/mol. The van der Waals surface area contributed by atoms with Crippen LogP contribution in [0.25, 0.3) is 0 Å². The summed E-state index contributed by atoms with van der Waals surface area (Å²) in [6.07, 6.45) is 0. The highest BCUT2D eigenvalue weighted by Gasteiger charge is 2.23. The molecule has 1 amide bonds. The van der Waals surface area contributed by atoms with Crippen LogP contribution in [0.2, 0.25) is 0 Å². The number of hydrogen-bond donors (Lipinski definition) is 2. The molecule has 5 nitrogen and oxygen atoms in total. The molecular weight excluding hydrogens is 272 g/mol. The van der Waals surface area contributed by atoms with Crippen LogP contribution in [0.1, 0.15) is 22.2 Å². The largest absolute Gasteiger partial charge is 0.382 e. The Labute approximate surface area is 122 Å². The van der Waals surface area contributed by atoms with E-state index in [0.29, 0.717) is 16.6 Å². The molecule has 0 saturated carbocycles. The fraction of sp³-hybridized carbons (Fsp3) is 0.286. The van der Waals surface area contributed by atoms with Crippen molar-refractivity contribution in [1.29, 1.82) is 0 Å². The summed E-state index contributed by atoms with van der Waals surface area (Å²) in [5.74, 6) is 0.162. The van der Waals surface area contributed by atoms with E-state index in [1.165, 1.54) is 11.3 Å². The Morgan fingerprint density at radius 1 is 1.45 bits per heavy atom. The molecule has 6 heteroatoms. The Bertz CT molecular complexity index is 623. The minimum atomic E-state index is -0.113. The van der Waals surface area contributed by atoms with Crippen molar-refractivity contribution in [2.24, 2.45) is 0 Å². The number of carbonyl (C=O) groups excluding carboxylic acids is 1. The topological polar surface area (TPSA) is 71.2 Å². The molecule has 2 rings (SSSR count). The molecule has 106 valence electrons.